The minimum Gasteiger partial charge on any atom is -0.424 e. The Morgan fingerprint density at radius 3 is 2.24 bits per heavy atom. The summed E-state index contributed by atoms with van der Waals surface area (Å²) in [5.41, 5.74) is 1.13. The lowest BCUT2D eigenvalue weighted by Gasteiger charge is -2.29. The highest BCUT2D eigenvalue weighted by atomic mass is 79.9. The minimum absolute atomic E-state index is 0.111. The molecule has 0 saturated heterocycles. The predicted molar refractivity (Wildman–Crippen MR) is 87.5 cm³/mol. The highest BCUT2D eigenvalue weighted by molar-refractivity contribution is 9.10. The number of alkyl halides is 3. The van der Waals surface area contributed by atoms with Gasteiger partial charge < -0.3 is 14.8 Å². The number of rotatable bonds is 2. The molecule has 0 spiro atoms. The van der Waals surface area contributed by atoms with E-state index in [0.717, 1.165) is 10.0 Å². The molecular formula is C16H12BrF3N2O3. The summed E-state index contributed by atoms with van der Waals surface area (Å²) in [6.07, 6.45) is -5.00. The van der Waals surface area contributed by atoms with Crippen molar-refractivity contribution >= 4 is 27.6 Å². The lowest BCUT2D eigenvalue weighted by atomic mass is 10.2. The standard InChI is InChI=1S/C16H12BrF3N2O3/c1-9-8-10(6-7-11(9)17)21-14(23)22-16(15(18,19)20)24-12-4-2-3-5-13(12)25-16/h2-8H,1H3,(H2,21,22,23). The van der Waals surface area contributed by atoms with Gasteiger partial charge in [-0.05, 0) is 42.8 Å². The van der Waals surface area contributed by atoms with Crippen LogP contribution in [0.2, 0.25) is 0 Å². The molecule has 5 nitrogen and oxygen atoms in total. The molecule has 0 radical (unpaired) electrons. The Balaban J connectivity index is 1.80. The first-order valence-electron chi connectivity index (χ1n) is 7.09. The van der Waals surface area contributed by atoms with Gasteiger partial charge in [0.05, 0.1) is 0 Å². The number of carbonyl (C=O) groups excluding carboxylic acids is 1. The van der Waals surface area contributed by atoms with E-state index in [9.17, 15) is 18.0 Å². The van der Waals surface area contributed by atoms with Crippen LogP contribution in [0.5, 0.6) is 11.5 Å². The van der Waals surface area contributed by atoms with Crippen molar-refractivity contribution in [1.29, 1.82) is 0 Å². The highest BCUT2D eigenvalue weighted by Gasteiger charge is 2.65. The molecule has 0 saturated carbocycles. The van der Waals surface area contributed by atoms with Gasteiger partial charge in [-0.15, -0.1) is 0 Å². The van der Waals surface area contributed by atoms with E-state index in [2.05, 4.69) is 21.2 Å². The summed E-state index contributed by atoms with van der Waals surface area (Å²) >= 11 is 3.30. The Hall–Kier alpha value is -2.42. The number of halogens is 4. The number of ether oxygens (including phenoxy) is 2. The fourth-order valence-corrected chi connectivity index (χ4v) is 2.47. The molecule has 1 heterocycles. The molecule has 2 amide bonds. The van der Waals surface area contributed by atoms with Crippen LogP contribution < -0.4 is 20.1 Å². The molecule has 2 aromatic carbocycles. The monoisotopic (exact) mass is 416 g/mol. The fourth-order valence-electron chi connectivity index (χ4n) is 2.22. The van der Waals surface area contributed by atoms with Crippen LogP contribution in [-0.2, 0) is 0 Å². The number of amides is 2. The van der Waals surface area contributed by atoms with Crippen molar-refractivity contribution in [2.24, 2.45) is 0 Å². The van der Waals surface area contributed by atoms with Crippen LogP contribution in [-0.4, -0.2) is 18.1 Å². The van der Waals surface area contributed by atoms with Gasteiger partial charge in [-0.2, -0.15) is 13.2 Å². The molecular weight excluding hydrogens is 405 g/mol. The van der Waals surface area contributed by atoms with Crippen molar-refractivity contribution in [2.45, 2.75) is 19.0 Å². The van der Waals surface area contributed by atoms with Crippen molar-refractivity contribution in [1.82, 2.24) is 5.32 Å². The first kappa shape index (κ1) is 17.4. The van der Waals surface area contributed by atoms with Gasteiger partial charge >= 0.3 is 18.1 Å². The van der Waals surface area contributed by atoms with Crippen molar-refractivity contribution in [3.63, 3.8) is 0 Å². The van der Waals surface area contributed by atoms with Crippen LogP contribution in [0.4, 0.5) is 23.7 Å². The topological polar surface area (TPSA) is 59.6 Å². The molecule has 1 aliphatic rings. The summed E-state index contributed by atoms with van der Waals surface area (Å²) in [7, 11) is 0. The van der Waals surface area contributed by atoms with Crippen LogP contribution in [0.15, 0.2) is 46.9 Å². The second-order valence-electron chi connectivity index (χ2n) is 5.31. The smallest absolute Gasteiger partial charge is 0.424 e. The van der Waals surface area contributed by atoms with Crippen molar-refractivity contribution in [3.05, 3.63) is 52.5 Å². The van der Waals surface area contributed by atoms with Gasteiger partial charge in [0.1, 0.15) is 0 Å². The average molecular weight is 417 g/mol. The maximum absolute atomic E-state index is 13.5. The lowest BCUT2D eigenvalue weighted by Crippen LogP contribution is -2.65. The van der Waals surface area contributed by atoms with E-state index in [1.165, 1.54) is 24.3 Å². The molecule has 1 aliphatic heterocycles. The van der Waals surface area contributed by atoms with Crippen molar-refractivity contribution < 1.29 is 27.4 Å². The SMILES string of the molecule is Cc1cc(NC(=O)NC2(C(F)(F)F)Oc3ccccc3O2)ccc1Br. The third kappa shape index (κ3) is 3.37. The van der Waals surface area contributed by atoms with E-state index < -0.39 is 18.1 Å². The average Bonchev–Trinajstić information content (AvgIpc) is 2.90. The van der Waals surface area contributed by atoms with E-state index >= 15 is 0 Å². The molecule has 0 aromatic heterocycles. The van der Waals surface area contributed by atoms with Crippen molar-refractivity contribution in [2.75, 3.05) is 5.32 Å². The van der Waals surface area contributed by atoms with Crippen molar-refractivity contribution in [3.8, 4) is 11.5 Å². The second-order valence-corrected chi connectivity index (χ2v) is 6.16. The van der Waals surface area contributed by atoms with E-state index in [-0.39, 0.29) is 11.5 Å². The normalized spacial score (nSPS) is 14.9. The molecule has 0 atom stereocenters. The highest BCUT2D eigenvalue weighted by Crippen LogP contribution is 2.44. The van der Waals surface area contributed by atoms with Gasteiger partial charge in [-0.25, -0.2) is 4.79 Å². The summed E-state index contributed by atoms with van der Waals surface area (Å²) in [5, 5.41) is 4.06. The molecule has 25 heavy (non-hydrogen) atoms. The number of anilines is 1. The number of benzene rings is 2. The second kappa shape index (κ2) is 6.14. The molecule has 0 aliphatic carbocycles. The summed E-state index contributed by atoms with van der Waals surface area (Å²) in [5.74, 6) is -3.51. The van der Waals surface area contributed by atoms with Gasteiger partial charge in [0, 0.05) is 10.2 Å². The first-order valence-corrected chi connectivity index (χ1v) is 7.88. The fraction of sp³-hybridized carbons (Fsp3) is 0.188. The molecule has 0 fully saturated rings. The zero-order valence-electron chi connectivity index (χ0n) is 12.8. The molecule has 3 rings (SSSR count). The van der Waals surface area contributed by atoms with E-state index in [1.54, 1.807) is 30.4 Å². The molecule has 132 valence electrons. The van der Waals surface area contributed by atoms with Crippen LogP contribution in [0, 0.1) is 6.92 Å². The molecule has 0 bridgehead atoms. The molecule has 2 aromatic rings. The van der Waals surface area contributed by atoms with Gasteiger partial charge in [0.15, 0.2) is 11.5 Å². The number of hydrogen-bond acceptors (Lipinski definition) is 3. The zero-order valence-corrected chi connectivity index (χ0v) is 14.4. The van der Waals surface area contributed by atoms with Gasteiger partial charge in [0.2, 0.25) is 0 Å². The Morgan fingerprint density at radius 1 is 1.12 bits per heavy atom. The van der Waals surface area contributed by atoms with E-state index in [4.69, 9.17) is 9.47 Å². The van der Waals surface area contributed by atoms with Crippen LogP contribution in [0.25, 0.3) is 0 Å². The summed E-state index contributed by atoms with van der Waals surface area (Å²) in [4.78, 5) is 12.1. The number of carbonyl (C=O) groups is 1. The van der Waals surface area contributed by atoms with Gasteiger partial charge in [-0.3, -0.25) is 5.32 Å². The quantitative estimate of drug-likeness (QED) is 0.753. The molecule has 0 unspecified atom stereocenters. The molecule has 9 heteroatoms. The van der Waals surface area contributed by atoms with E-state index in [0.29, 0.717) is 5.69 Å². The Morgan fingerprint density at radius 2 is 1.72 bits per heavy atom. The third-order valence-electron chi connectivity index (χ3n) is 3.42. The van der Waals surface area contributed by atoms with Crippen LogP contribution >= 0.6 is 15.9 Å². The summed E-state index contributed by atoms with van der Waals surface area (Å²) in [6.45, 7) is 1.78. The number of para-hydroxylation sites is 2. The largest absolute Gasteiger partial charge is 0.492 e. The Kier molecular flexibility index (Phi) is 4.28. The van der Waals surface area contributed by atoms with Gasteiger partial charge in [-0.1, -0.05) is 28.1 Å². The summed E-state index contributed by atoms with van der Waals surface area (Å²) < 4.78 is 51.1. The number of hydrogen-bond donors (Lipinski definition) is 2. The first-order chi connectivity index (χ1) is 11.7. The lowest BCUT2D eigenvalue weighted by molar-refractivity contribution is -0.317. The maximum atomic E-state index is 13.5. The van der Waals surface area contributed by atoms with E-state index in [1.807, 2.05) is 0 Å². The number of fused-ring (bicyclic) bond motifs is 1. The summed E-state index contributed by atoms with van der Waals surface area (Å²) in [6, 6.07) is 9.34. The zero-order chi connectivity index (χ0) is 18.2. The number of aryl methyl sites for hydroxylation is 1. The Bertz CT molecular complexity index is 802. The predicted octanol–water partition coefficient (Wildman–Crippen LogP) is 4.57. The van der Waals surface area contributed by atoms with Crippen LogP contribution in [0.3, 0.4) is 0 Å². The minimum atomic E-state index is -5.00. The Labute approximate surface area is 149 Å². The van der Waals surface area contributed by atoms with Crippen LogP contribution in [0.1, 0.15) is 5.56 Å². The van der Waals surface area contributed by atoms with Gasteiger partial charge in [0.25, 0.3) is 0 Å². The number of nitrogens with one attached hydrogen (secondary N) is 2. The number of urea groups is 1. The third-order valence-corrected chi connectivity index (χ3v) is 4.31. The maximum Gasteiger partial charge on any atom is 0.492 e. The molecule has 2 N–H and O–H groups in total.